The number of rotatable bonds is 7. The second kappa shape index (κ2) is 9.93. The molecular formula is C24H17FN2O4S2. The fourth-order valence-corrected chi connectivity index (χ4v) is 4.45. The van der Waals surface area contributed by atoms with E-state index in [4.69, 9.17) is 17.0 Å². The summed E-state index contributed by atoms with van der Waals surface area (Å²) in [5.41, 5.74) is 1.45. The lowest BCUT2D eigenvalue weighted by molar-refractivity contribution is -0.384. The molecule has 1 heterocycles. The average molecular weight is 481 g/mol. The molecule has 0 saturated carbocycles. The number of non-ortho nitro benzene ring substituents is 1. The molecule has 6 nitrogen and oxygen atoms in total. The molecular weight excluding hydrogens is 463 g/mol. The minimum absolute atomic E-state index is 0.0692. The first-order chi connectivity index (χ1) is 15.9. The molecule has 1 saturated heterocycles. The van der Waals surface area contributed by atoms with Crippen LogP contribution in [0.2, 0.25) is 0 Å². The van der Waals surface area contributed by atoms with E-state index in [2.05, 4.69) is 0 Å². The topological polar surface area (TPSA) is 72.7 Å². The zero-order chi connectivity index (χ0) is 23.4. The zero-order valence-corrected chi connectivity index (χ0v) is 18.8. The number of benzene rings is 3. The van der Waals surface area contributed by atoms with Crippen LogP contribution in [-0.4, -0.2) is 20.1 Å². The van der Waals surface area contributed by atoms with Gasteiger partial charge in [-0.1, -0.05) is 72.5 Å². The standard InChI is InChI=1S/C24H17FN2O4S2/c25-20-9-5-4-8-17(20)15-31-21-11-10-19(27(29)30)12-18(21)13-22-23(28)26(24(32)33-22)14-16-6-2-1-3-7-16/h1-13H,14-15H2/b22-13+. The molecule has 1 aliphatic heterocycles. The SMILES string of the molecule is O=C1/C(=C\c2cc([N+](=O)[O-])ccc2OCc2ccccc2F)SC(=S)N1Cc1ccccc1. The molecule has 0 radical (unpaired) electrons. The Hall–Kier alpha value is -3.56. The number of ether oxygens (including phenoxy) is 1. The van der Waals surface area contributed by atoms with Gasteiger partial charge in [0.05, 0.1) is 16.4 Å². The van der Waals surface area contributed by atoms with Gasteiger partial charge < -0.3 is 4.74 Å². The lowest BCUT2D eigenvalue weighted by Crippen LogP contribution is -2.27. The highest BCUT2D eigenvalue weighted by molar-refractivity contribution is 8.26. The zero-order valence-electron chi connectivity index (χ0n) is 17.1. The fourth-order valence-electron chi connectivity index (χ4n) is 3.21. The number of nitro groups is 1. The van der Waals surface area contributed by atoms with Gasteiger partial charge in [-0.25, -0.2) is 4.39 Å². The summed E-state index contributed by atoms with van der Waals surface area (Å²) in [4.78, 5) is 25.6. The third-order valence-electron chi connectivity index (χ3n) is 4.89. The van der Waals surface area contributed by atoms with E-state index in [-0.39, 0.29) is 24.0 Å². The van der Waals surface area contributed by atoms with Crippen molar-refractivity contribution < 1.29 is 18.8 Å². The second-order valence-corrected chi connectivity index (χ2v) is 8.79. The molecule has 1 amide bonds. The van der Waals surface area contributed by atoms with Gasteiger partial charge in [-0.15, -0.1) is 0 Å². The monoisotopic (exact) mass is 480 g/mol. The van der Waals surface area contributed by atoms with Gasteiger partial charge in [-0.05, 0) is 23.8 Å². The van der Waals surface area contributed by atoms with Crippen molar-refractivity contribution in [1.29, 1.82) is 0 Å². The van der Waals surface area contributed by atoms with Crippen LogP contribution >= 0.6 is 24.0 Å². The molecule has 166 valence electrons. The number of thiocarbonyl (C=S) groups is 1. The Morgan fingerprint density at radius 3 is 2.55 bits per heavy atom. The molecule has 1 fully saturated rings. The molecule has 0 aromatic heterocycles. The van der Waals surface area contributed by atoms with E-state index in [1.165, 1.54) is 35.2 Å². The largest absolute Gasteiger partial charge is 0.488 e. The second-order valence-electron chi connectivity index (χ2n) is 7.11. The van der Waals surface area contributed by atoms with E-state index >= 15 is 0 Å². The molecule has 0 bridgehead atoms. The summed E-state index contributed by atoms with van der Waals surface area (Å²) in [6.07, 6.45) is 1.52. The van der Waals surface area contributed by atoms with Gasteiger partial charge in [0.25, 0.3) is 11.6 Å². The van der Waals surface area contributed by atoms with Crippen LogP contribution < -0.4 is 4.74 Å². The van der Waals surface area contributed by atoms with Crippen LogP contribution in [0.25, 0.3) is 6.08 Å². The highest BCUT2D eigenvalue weighted by atomic mass is 32.2. The van der Waals surface area contributed by atoms with Crippen molar-refractivity contribution >= 4 is 46.0 Å². The summed E-state index contributed by atoms with van der Waals surface area (Å²) in [6.45, 7) is 0.259. The van der Waals surface area contributed by atoms with Crippen molar-refractivity contribution in [2.75, 3.05) is 0 Å². The van der Waals surface area contributed by atoms with E-state index < -0.39 is 10.7 Å². The van der Waals surface area contributed by atoms with Crippen molar-refractivity contribution in [2.24, 2.45) is 0 Å². The number of carbonyl (C=O) groups is 1. The summed E-state index contributed by atoms with van der Waals surface area (Å²) in [5.74, 6) is -0.416. The van der Waals surface area contributed by atoms with Gasteiger partial charge in [0.15, 0.2) is 0 Å². The maximum atomic E-state index is 14.0. The minimum Gasteiger partial charge on any atom is -0.488 e. The van der Waals surface area contributed by atoms with Gasteiger partial charge in [0, 0.05) is 23.3 Å². The predicted molar refractivity (Wildman–Crippen MR) is 129 cm³/mol. The summed E-state index contributed by atoms with van der Waals surface area (Å²) >= 11 is 6.50. The maximum absolute atomic E-state index is 14.0. The Balaban J connectivity index is 1.62. The summed E-state index contributed by atoms with van der Waals surface area (Å²) in [6, 6.07) is 19.7. The van der Waals surface area contributed by atoms with Crippen LogP contribution in [0.3, 0.4) is 0 Å². The summed E-state index contributed by atoms with van der Waals surface area (Å²) < 4.78 is 20.1. The van der Waals surface area contributed by atoms with Crippen molar-refractivity contribution in [3.63, 3.8) is 0 Å². The lowest BCUT2D eigenvalue weighted by Gasteiger charge is -2.14. The first-order valence-electron chi connectivity index (χ1n) is 9.86. The molecule has 1 aliphatic rings. The van der Waals surface area contributed by atoms with Gasteiger partial charge in [-0.2, -0.15) is 0 Å². The third kappa shape index (κ3) is 5.27. The Labute approximate surface area is 198 Å². The predicted octanol–water partition coefficient (Wildman–Crippen LogP) is 5.71. The van der Waals surface area contributed by atoms with Crippen molar-refractivity contribution in [2.45, 2.75) is 13.2 Å². The molecule has 0 aliphatic carbocycles. The third-order valence-corrected chi connectivity index (χ3v) is 6.27. The van der Waals surface area contributed by atoms with E-state index in [0.29, 0.717) is 26.9 Å². The normalized spacial score (nSPS) is 14.7. The van der Waals surface area contributed by atoms with Gasteiger partial charge in [0.1, 0.15) is 22.5 Å². The van der Waals surface area contributed by atoms with Crippen molar-refractivity contribution in [3.8, 4) is 5.75 Å². The number of halogens is 1. The first-order valence-corrected chi connectivity index (χ1v) is 11.1. The Kier molecular flexibility index (Phi) is 6.81. The van der Waals surface area contributed by atoms with Crippen LogP contribution in [0, 0.1) is 15.9 Å². The average Bonchev–Trinajstić information content (AvgIpc) is 3.07. The molecule has 3 aromatic carbocycles. The smallest absolute Gasteiger partial charge is 0.270 e. The summed E-state index contributed by atoms with van der Waals surface area (Å²) in [5, 5.41) is 11.3. The number of hydrogen-bond donors (Lipinski definition) is 0. The highest BCUT2D eigenvalue weighted by Gasteiger charge is 2.32. The van der Waals surface area contributed by atoms with Gasteiger partial charge in [0.2, 0.25) is 0 Å². The number of thioether (sulfide) groups is 1. The Morgan fingerprint density at radius 1 is 1.09 bits per heavy atom. The molecule has 4 rings (SSSR count). The maximum Gasteiger partial charge on any atom is 0.270 e. The van der Waals surface area contributed by atoms with E-state index in [0.717, 1.165) is 17.3 Å². The minimum atomic E-state index is -0.529. The van der Waals surface area contributed by atoms with Crippen molar-refractivity contribution in [3.05, 3.63) is 110 Å². The van der Waals surface area contributed by atoms with Crippen LogP contribution in [0.15, 0.2) is 77.7 Å². The quantitative estimate of drug-likeness (QED) is 0.187. The molecule has 0 N–H and O–H groups in total. The van der Waals surface area contributed by atoms with Crippen molar-refractivity contribution in [1.82, 2.24) is 4.90 Å². The Bertz CT molecular complexity index is 1260. The number of nitro benzene ring substituents is 1. The van der Waals surface area contributed by atoms with E-state index in [1.54, 1.807) is 18.2 Å². The van der Waals surface area contributed by atoms with E-state index in [1.807, 2.05) is 30.3 Å². The summed E-state index contributed by atoms with van der Waals surface area (Å²) in [7, 11) is 0. The lowest BCUT2D eigenvalue weighted by atomic mass is 10.1. The Morgan fingerprint density at radius 2 is 1.82 bits per heavy atom. The molecule has 3 aromatic rings. The van der Waals surface area contributed by atoms with Gasteiger partial charge >= 0.3 is 0 Å². The number of carbonyl (C=O) groups excluding carboxylic acids is 1. The molecule has 0 spiro atoms. The van der Waals surface area contributed by atoms with Crippen LogP contribution in [0.5, 0.6) is 5.75 Å². The van der Waals surface area contributed by atoms with Crippen LogP contribution in [0.1, 0.15) is 16.7 Å². The number of nitrogens with zero attached hydrogens (tertiary/aromatic N) is 2. The molecule has 9 heteroatoms. The fraction of sp³-hybridized carbons (Fsp3) is 0.0833. The number of amides is 1. The molecule has 33 heavy (non-hydrogen) atoms. The van der Waals surface area contributed by atoms with E-state index in [9.17, 15) is 19.3 Å². The first kappa shape index (κ1) is 22.6. The number of hydrogen-bond acceptors (Lipinski definition) is 6. The highest BCUT2D eigenvalue weighted by Crippen LogP contribution is 2.36. The van der Waals surface area contributed by atoms with Crippen LogP contribution in [-0.2, 0) is 17.9 Å². The van der Waals surface area contributed by atoms with Gasteiger partial charge in [-0.3, -0.25) is 19.8 Å². The molecule has 0 atom stereocenters. The van der Waals surface area contributed by atoms with Crippen LogP contribution in [0.4, 0.5) is 10.1 Å². The molecule has 0 unspecified atom stereocenters.